The highest BCUT2D eigenvalue weighted by molar-refractivity contribution is 5.93. The van der Waals surface area contributed by atoms with Gasteiger partial charge in [0.15, 0.2) is 11.6 Å². The van der Waals surface area contributed by atoms with E-state index in [1.165, 1.54) is 0 Å². The fourth-order valence-corrected chi connectivity index (χ4v) is 3.18. The van der Waals surface area contributed by atoms with Crippen LogP contribution in [0.1, 0.15) is 30.1 Å². The topological polar surface area (TPSA) is 95.0 Å². The van der Waals surface area contributed by atoms with E-state index in [1.54, 1.807) is 30.6 Å². The van der Waals surface area contributed by atoms with Gasteiger partial charge in [-0.3, -0.25) is 0 Å². The van der Waals surface area contributed by atoms with Crippen LogP contribution >= 0.6 is 0 Å². The molecule has 1 aliphatic heterocycles. The molecule has 7 heteroatoms. The van der Waals surface area contributed by atoms with Crippen LogP contribution in [0.2, 0.25) is 0 Å². The maximum absolute atomic E-state index is 11.2. The lowest BCUT2D eigenvalue weighted by Crippen LogP contribution is -2.28. The monoisotopic (exact) mass is 323 g/mol. The van der Waals surface area contributed by atoms with Gasteiger partial charge in [0.1, 0.15) is 5.69 Å². The summed E-state index contributed by atoms with van der Waals surface area (Å²) >= 11 is 0. The number of aromatic amines is 1. The number of H-pyrrole nitrogens is 1. The maximum atomic E-state index is 11.2. The molecule has 0 spiro atoms. The van der Waals surface area contributed by atoms with Gasteiger partial charge < -0.3 is 15.0 Å². The number of fused-ring (bicyclic) bond motifs is 1. The Labute approximate surface area is 138 Å². The summed E-state index contributed by atoms with van der Waals surface area (Å²) in [5.74, 6) is 0.454. The van der Waals surface area contributed by atoms with Crippen molar-refractivity contribution in [2.45, 2.75) is 25.8 Å². The zero-order valence-electron chi connectivity index (χ0n) is 13.2. The molecule has 0 bridgehead atoms. The average molecular weight is 323 g/mol. The molecule has 1 aliphatic rings. The number of imidazole rings is 1. The minimum Gasteiger partial charge on any atom is -0.478 e. The lowest BCUT2D eigenvalue weighted by Gasteiger charge is -2.24. The number of aromatic nitrogens is 4. The Kier molecular flexibility index (Phi) is 3.41. The van der Waals surface area contributed by atoms with Crippen molar-refractivity contribution in [1.82, 2.24) is 19.9 Å². The fourth-order valence-electron chi connectivity index (χ4n) is 3.18. The van der Waals surface area contributed by atoms with Crippen molar-refractivity contribution in [3.63, 3.8) is 0 Å². The maximum Gasteiger partial charge on any atom is 0.335 e. The number of nitrogens with one attached hydrogen (secondary N) is 1. The number of benzene rings is 1. The van der Waals surface area contributed by atoms with Gasteiger partial charge in [-0.1, -0.05) is 0 Å². The predicted molar refractivity (Wildman–Crippen MR) is 90.1 cm³/mol. The van der Waals surface area contributed by atoms with Crippen molar-refractivity contribution in [1.29, 1.82) is 0 Å². The van der Waals surface area contributed by atoms with Crippen molar-refractivity contribution < 1.29 is 9.90 Å². The zero-order chi connectivity index (χ0) is 16.7. The van der Waals surface area contributed by atoms with E-state index in [0.29, 0.717) is 28.6 Å². The van der Waals surface area contributed by atoms with Crippen LogP contribution in [0.5, 0.6) is 0 Å². The molecular weight excluding hydrogens is 306 g/mol. The molecule has 122 valence electrons. The summed E-state index contributed by atoms with van der Waals surface area (Å²) < 4.78 is 0. The second-order valence-corrected chi connectivity index (χ2v) is 6.03. The van der Waals surface area contributed by atoms with Gasteiger partial charge in [0.2, 0.25) is 0 Å². The summed E-state index contributed by atoms with van der Waals surface area (Å²) in [5, 5.41) is 9.20. The molecule has 3 heterocycles. The smallest absolute Gasteiger partial charge is 0.335 e. The third-order valence-electron chi connectivity index (χ3n) is 4.44. The van der Waals surface area contributed by atoms with Crippen LogP contribution in [0.3, 0.4) is 0 Å². The Morgan fingerprint density at radius 3 is 2.88 bits per heavy atom. The first kappa shape index (κ1) is 14.6. The summed E-state index contributed by atoms with van der Waals surface area (Å²) in [7, 11) is 0. The summed E-state index contributed by atoms with van der Waals surface area (Å²) in [4.78, 5) is 30.3. The molecule has 0 unspecified atom stereocenters. The molecule has 2 N–H and O–H groups in total. The molecule has 1 saturated heterocycles. The third kappa shape index (κ3) is 2.38. The molecule has 7 nitrogen and oxygen atoms in total. The number of hydrogen-bond acceptors (Lipinski definition) is 5. The van der Waals surface area contributed by atoms with Crippen LogP contribution in [0.4, 0.5) is 5.82 Å². The Hall–Kier alpha value is -2.96. The van der Waals surface area contributed by atoms with E-state index >= 15 is 0 Å². The Morgan fingerprint density at radius 2 is 2.21 bits per heavy atom. The van der Waals surface area contributed by atoms with Gasteiger partial charge in [0.05, 0.1) is 16.6 Å². The van der Waals surface area contributed by atoms with Crippen LogP contribution in [-0.2, 0) is 0 Å². The number of rotatable bonds is 3. The number of anilines is 1. The lowest BCUT2D eigenvalue weighted by molar-refractivity contribution is 0.0697. The fraction of sp³-hybridized carbons (Fsp3) is 0.294. The zero-order valence-corrected chi connectivity index (χ0v) is 13.2. The summed E-state index contributed by atoms with van der Waals surface area (Å²) in [6, 6.07) is 5.17. The van der Waals surface area contributed by atoms with Gasteiger partial charge >= 0.3 is 5.97 Å². The largest absolute Gasteiger partial charge is 0.478 e. The highest BCUT2D eigenvalue weighted by atomic mass is 16.4. The highest BCUT2D eigenvalue weighted by Gasteiger charge is 2.26. The third-order valence-corrected chi connectivity index (χ3v) is 4.44. The van der Waals surface area contributed by atoms with Gasteiger partial charge in [0, 0.05) is 25.0 Å². The Balaban J connectivity index is 1.94. The highest BCUT2D eigenvalue weighted by Crippen LogP contribution is 2.32. The van der Waals surface area contributed by atoms with Crippen molar-refractivity contribution in [3.8, 4) is 11.5 Å². The number of carboxylic acids is 1. The van der Waals surface area contributed by atoms with Gasteiger partial charge in [-0.05, 0) is 38.0 Å². The van der Waals surface area contributed by atoms with E-state index in [4.69, 9.17) is 9.97 Å². The molecule has 0 amide bonds. The van der Waals surface area contributed by atoms with Crippen LogP contribution < -0.4 is 4.90 Å². The van der Waals surface area contributed by atoms with Crippen molar-refractivity contribution in [2.24, 2.45) is 0 Å². The van der Waals surface area contributed by atoms with Gasteiger partial charge in [-0.15, -0.1) is 0 Å². The number of carbonyl (C=O) groups is 1. The van der Waals surface area contributed by atoms with Crippen molar-refractivity contribution in [3.05, 3.63) is 36.2 Å². The van der Waals surface area contributed by atoms with E-state index < -0.39 is 5.97 Å². The molecule has 0 radical (unpaired) electrons. The molecule has 2 aromatic heterocycles. The first-order valence-electron chi connectivity index (χ1n) is 7.95. The van der Waals surface area contributed by atoms with Gasteiger partial charge in [-0.2, -0.15) is 0 Å². The molecule has 1 atom stereocenters. The SMILES string of the molecule is C[C@H]1CCCN1c1nc2cc(C(=O)O)ccc2nc1-c1ncc[nH]1. The van der Waals surface area contributed by atoms with Crippen LogP contribution in [0, 0.1) is 0 Å². The van der Waals surface area contributed by atoms with E-state index in [-0.39, 0.29) is 5.56 Å². The first-order valence-corrected chi connectivity index (χ1v) is 7.95. The van der Waals surface area contributed by atoms with Gasteiger partial charge in [0.25, 0.3) is 0 Å². The molecule has 4 rings (SSSR count). The van der Waals surface area contributed by atoms with Crippen LogP contribution in [-0.4, -0.2) is 43.6 Å². The summed E-state index contributed by atoms with van der Waals surface area (Å²) in [6.07, 6.45) is 5.65. The van der Waals surface area contributed by atoms with E-state index in [0.717, 1.165) is 25.2 Å². The summed E-state index contributed by atoms with van der Waals surface area (Å²) in [6.45, 7) is 3.08. The van der Waals surface area contributed by atoms with Gasteiger partial charge in [-0.25, -0.2) is 19.7 Å². The minimum absolute atomic E-state index is 0.211. The van der Waals surface area contributed by atoms with E-state index in [9.17, 15) is 9.90 Å². The Morgan fingerprint density at radius 1 is 1.33 bits per heavy atom. The molecule has 1 fully saturated rings. The molecule has 1 aromatic carbocycles. The molecule has 0 saturated carbocycles. The van der Waals surface area contributed by atoms with Crippen LogP contribution in [0.15, 0.2) is 30.6 Å². The van der Waals surface area contributed by atoms with Crippen molar-refractivity contribution >= 4 is 22.8 Å². The van der Waals surface area contributed by atoms with E-state index in [2.05, 4.69) is 21.8 Å². The van der Waals surface area contributed by atoms with E-state index in [1.807, 2.05) is 0 Å². The number of carboxylic acid groups (broad SMARTS) is 1. The van der Waals surface area contributed by atoms with Crippen molar-refractivity contribution in [2.75, 3.05) is 11.4 Å². The second-order valence-electron chi connectivity index (χ2n) is 6.03. The Bertz CT molecular complexity index is 907. The lowest BCUT2D eigenvalue weighted by atomic mass is 10.2. The quantitative estimate of drug-likeness (QED) is 0.769. The van der Waals surface area contributed by atoms with Crippen LogP contribution in [0.25, 0.3) is 22.6 Å². The predicted octanol–water partition coefficient (Wildman–Crippen LogP) is 2.71. The number of aromatic carboxylic acids is 1. The average Bonchev–Trinajstić information content (AvgIpc) is 3.24. The summed E-state index contributed by atoms with van der Waals surface area (Å²) in [5.41, 5.74) is 2.15. The standard InChI is InChI=1S/C17H17N5O2/c1-10-3-2-8-22(10)16-14(15-18-6-7-19-15)20-12-5-4-11(17(23)24)9-13(12)21-16/h4-7,9-10H,2-3,8H2,1H3,(H,18,19)(H,23,24)/t10-/m0/s1. The minimum atomic E-state index is -0.968. The molecular formula is C17H17N5O2. The molecule has 3 aromatic rings. The number of hydrogen-bond donors (Lipinski definition) is 2. The first-order chi connectivity index (χ1) is 11.6. The molecule has 24 heavy (non-hydrogen) atoms. The second kappa shape index (κ2) is 5.59. The number of nitrogens with zero attached hydrogens (tertiary/aromatic N) is 4. The normalized spacial score (nSPS) is 17.5. The molecule has 0 aliphatic carbocycles.